The molecule has 84 valence electrons. The van der Waals surface area contributed by atoms with Gasteiger partial charge in [-0.25, -0.2) is 4.39 Å². The van der Waals surface area contributed by atoms with Crippen molar-refractivity contribution < 1.29 is 9.13 Å². The number of rotatable bonds is 6. The molecule has 0 saturated carbocycles. The van der Waals surface area contributed by atoms with Crippen LogP contribution in [-0.4, -0.2) is 25.2 Å². The van der Waals surface area contributed by atoms with Crippen LogP contribution < -0.4 is 5.73 Å². The van der Waals surface area contributed by atoms with Crippen molar-refractivity contribution in [2.75, 3.05) is 20.3 Å². The fraction of sp³-hybridized carbons (Fsp3) is 0.545. The Hall–Kier alpha value is -1.00. The third kappa shape index (κ3) is 3.25. The summed E-state index contributed by atoms with van der Waals surface area (Å²) in [6.07, 6.45) is 4.16. The van der Waals surface area contributed by atoms with Gasteiger partial charge in [-0.05, 0) is 25.5 Å². The topological polar surface area (TPSA) is 48.1 Å². The highest BCUT2D eigenvalue weighted by Gasteiger charge is 2.31. The van der Waals surface area contributed by atoms with Gasteiger partial charge in [-0.2, -0.15) is 0 Å². The van der Waals surface area contributed by atoms with E-state index in [-0.39, 0.29) is 6.61 Å². The molecule has 2 N–H and O–H groups in total. The van der Waals surface area contributed by atoms with Crippen LogP contribution in [0.15, 0.2) is 24.5 Å². The summed E-state index contributed by atoms with van der Waals surface area (Å²) in [7, 11) is 1.49. The van der Waals surface area contributed by atoms with E-state index in [0.717, 1.165) is 0 Å². The minimum atomic E-state index is -1.47. The molecule has 0 spiro atoms. The largest absolute Gasteiger partial charge is 0.381 e. The molecule has 1 atom stereocenters. The molecule has 1 aromatic rings. The molecule has 0 radical (unpaired) electrons. The zero-order chi connectivity index (χ0) is 11.1. The highest BCUT2D eigenvalue weighted by atomic mass is 19.1. The van der Waals surface area contributed by atoms with Crippen LogP contribution in [0.3, 0.4) is 0 Å². The number of halogens is 1. The molecule has 1 aromatic heterocycles. The van der Waals surface area contributed by atoms with Gasteiger partial charge in [-0.3, -0.25) is 4.98 Å². The van der Waals surface area contributed by atoms with Crippen molar-refractivity contribution in [1.82, 2.24) is 4.98 Å². The Bertz CT molecular complexity index is 281. The molecule has 1 unspecified atom stereocenters. The van der Waals surface area contributed by atoms with Gasteiger partial charge < -0.3 is 10.5 Å². The Kier molecular flexibility index (Phi) is 4.65. The quantitative estimate of drug-likeness (QED) is 0.779. The van der Waals surface area contributed by atoms with Gasteiger partial charge in [0.05, 0.1) is 6.61 Å². The second-order valence-electron chi connectivity index (χ2n) is 3.53. The summed E-state index contributed by atoms with van der Waals surface area (Å²) in [6.45, 7) is 0.522. The van der Waals surface area contributed by atoms with Crippen LogP contribution in [-0.2, 0) is 10.4 Å². The van der Waals surface area contributed by atoms with E-state index in [2.05, 4.69) is 4.98 Å². The fourth-order valence-electron chi connectivity index (χ4n) is 1.54. The standard InChI is InChI=1S/C11H17FN2O/c1-15-9-11(12,5-3-6-13)10-4-2-7-14-8-10/h2,4,7-8H,3,5-6,9,13H2,1H3. The predicted octanol–water partition coefficient (Wildman–Crippen LogP) is 1.63. The highest BCUT2D eigenvalue weighted by molar-refractivity contribution is 5.18. The Morgan fingerprint density at radius 2 is 2.40 bits per heavy atom. The van der Waals surface area contributed by atoms with Crippen LogP contribution in [0.5, 0.6) is 0 Å². The smallest absolute Gasteiger partial charge is 0.160 e. The van der Waals surface area contributed by atoms with Crippen LogP contribution in [0.4, 0.5) is 4.39 Å². The Labute approximate surface area is 89.5 Å². The van der Waals surface area contributed by atoms with Gasteiger partial charge in [-0.1, -0.05) is 6.07 Å². The summed E-state index contributed by atoms with van der Waals surface area (Å²) >= 11 is 0. The second kappa shape index (κ2) is 5.78. The van der Waals surface area contributed by atoms with Gasteiger partial charge in [0, 0.05) is 25.1 Å². The van der Waals surface area contributed by atoms with Crippen molar-refractivity contribution in [3.8, 4) is 0 Å². The SMILES string of the molecule is COCC(F)(CCCN)c1cccnc1. The van der Waals surface area contributed by atoms with Crippen molar-refractivity contribution in [2.24, 2.45) is 5.73 Å². The maximum atomic E-state index is 14.5. The van der Waals surface area contributed by atoms with Gasteiger partial charge in [0.2, 0.25) is 0 Å². The number of aromatic nitrogens is 1. The first-order valence-electron chi connectivity index (χ1n) is 5.01. The summed E-state index contributed by atoms with van der Waals surface area (Å²) in [4.78, 5) is 3.91. The molecule has 0 aliphatic carbocycles. The number of nitrogens with zero attached hydrogens (tertiary/aromatic N) is 1. The molecule has 0 fully saturated rings. The number of methoxy groups -OCH3 is 1. The second-order valence-corrected chi connectivity index (χ2v) is 3.53. The van der Waals surface area contributed by atoms with E-state index in [1.54, 1.807) is 18.3 Å². The predicted molar refractivity (Wildman–Crippen MR) is 57.2 cm³/mol. The lowest BCUT2D eigenvalue weighted by Crippen LogP contribution is -2.27. The first kappa shape index (κ1) is 12.1. The van der Waals surface area contributed by atoms with E-state index in [0.29, 0.717) is 24.9 Å². The number of hydrogen-bond donors (Lipinski definition) is 1. The van der Waals surface area contributed by atoms with Crippen LogP contribution in [0, 0.1) is 0 Å². The van der Waals surface area contributed by atoms with Gasteiger partial charge in [0.15, 0.2) is 5.67 Å². The average molecular weight is 212 g/mol. The molecule has 3 nitrogen and oxygen atoms in total. The highest BCUT2D eigenvalue weighted by Crippen LogP contribution is 2.30. The summed E-state index contributed by atoms with van der Waals surface area (Å²) in [6, 6.07) is 3.45. The maximum absolute atomic E-state index is 14.5. The van der Waals surface area contributed by atoms with E-state index in [9.17, 15) is 4.39 Å². The molecule has 1 rings (SSSR count). The minimum absolute atomic E-state index is 0.0404. The molecule has 0 aromatic carbocycles. The molecule has 15 heavy (non-hydrogen) atoms. The third-order valence-corrected chi connectivity index (χ3v) is 2.33. The van der Waals surface area contributed by atoms with Crippen molar-refractivity contribution in [3.05, 3.63) is 30.1 Å². The minimum Gasteiger partial charge on any atom is -0.381 e. The van der Waals surface area contributed by atoms with Crippen molar-refractivity contribution in [1.29, 1.82) is 0 Å². The molecule has 1 heterocycles. The number of alkyl halides is 1. The van der Waals surface area contributed by atoms with Gasteiger partial charge in [0.25, 0.3) is 0 Å². The summed E-state index contributed by atoms with van der Waals surface area (Å²) in [5, 5.41) is 0. The summed E-state index contributed by atoms with van der Waals surface area (Å²) in [5.41, 5.74) is 4.47. The van der Waals surface area contributed by atoms with E-state index in [1.165, 1.54) is 13.3 Å². The van der Waals surface area contributed by atoms with Crippen LogP contribution >= 0.6 is 0 Å². The van der Waals surface area contributed by atoms with E-state index in [1.807, 2.05) is 0 Å². The lowest BCUT2D eigenvalue weighted by atomic mass is 9.93. The third-order valence-electron chi connectivity index (χ3n) is 2.33. The Morgan fingerprint density at radius 1 is 1.60 bits per heavy atom. The van der Waals surface area contributed by atoms with E-state index < -0.39 is 5.67 Å². The lowest BCUT2D eigenvalue weighted by molar-refractivity contribution is 0.0301. The number of ether oxygens (including phenoxy) is 1. The van der Waals surface area contributed by atoms with E-state index >= 15 is 0 Å². The lowest BCUT2D eigenvalue weighted by Gasteiger charge is -2.24. The zero-order valence-electron chi connectivity index (χ0n) is 8.95. The molecule has 0 saturated heterocycles. The normalized spacial score (nSPS) is 14.9. The van der Waals surface area contributed by atoms with Gasteiger partial charge in [-0.15, -0.1) is 0 Å². The summed E-state index contributed by atoms with van der Waals surface area (Å²) in [5.74, 6) is 0. The van der Waals surface area contributed by atoms with Crippen LogP contribution in [0.25, 0.3) is 0 Å². The molecule has 0 aliphatic rings. The van der Waals surface area contributed by atoms with Crippen molar-refractivity contribution in [2.45, 2.75) is 18.5 Å². The molecule has 0 aliphatic heterocycles. The molecule has 0 bridgehead atoms. The Balaban J connectivity index is 2.80. The monoisotopic (exact) mass is 212 g/mol. The molecular weight excluding hydrogens is 195 g/mol. The first-order chi connectivity index (χ1) is 7.23. The molecule has 0 amide bonds. The zero-order valence-corrected chi connectivity index (χ0v) is 8.95. The maximum Gasteiger partial charge on any atom is 0.160 e. The van der Waals surface area contributed by atoms with Gasteiger partial charge in [0.1, 0.15) is 0 Å². The van der Waals surface area contributed by atoms with Crippen molar-refractivity contribution in [3.63, 3.8) is 0 Å². The average Bonchev–Trinajstić information content (AvgIpc) is 2.28. The number of hydrogen-bond acceptors (Lipinski definition) is 3. The Morgan fingerprint density at radius 3 is 2.93 bits per heavy atom. The molecular formula is C11H17FN2O. The first-order valence-corrected chi connectivity index (χ1v) is 5.01. The fourth-order valence-corrected chi connectivity index (χ4v) is 1.54. The number of pyridine rings is 1. The van der Waals surface area contributed by atoms with Crippen molar-refractivity contribution >= 4 is 0 Å². The number of nitrogens with two attached hydrogens (primary N) is 1. The van der Waals surface area contributed by atoms with Crippen LogP contribution in [0.2, 0.25) is 0 Å². The summed E-state index contributed by atoms with van der Waals surface area (Å²) < 4.78 is 19.4. The van der Waals surface area contributed by atoms with Gasteiger partial charge >= 0.3 is 0 Å². The van der Waals surface area contributed by atoms with Crippen LogP contribution in [0.1, 0.15) is 18.4 Å². The molecule has 4 heteroatoms. The van der Waals surface area contributed by atoms with E-state index in [4.69, 9.17) is 10.5 Å².